The minimum Gasteiger partial charge on any atom is -0.411 e. The maximum atomic E-state index is 12.1. The summed E-state index contributed by atoms with van der Waals surface area (Å²) in [4.78, 5) is 0.261. The van der Waals surface area contributed by atoms with Gasteiger partial charge in [-0.15, -0.1) is 10.2 Å². The summed E-state index contributed by atoms with van der Waals surface area (Å²) in [5.74, 6) is 0.759. The molecule has 0 unspecified atom stereocenters. The van der Waals surface area contributed by atoms with Crippen LogP contribution in [0.1, 0.15) is 0 Å². The van der Waals surface area contributed by atoms with Gasteiger partial charge in [-0.1, -0.05) is 53.7 Å². The fourth-order valence-corrected chi connectivity index (χ4v) is 3.91. The number of thioether (sulfide) groups is 1. The molecular weight excluding hydrogens is 380 g/mol. The quantitative estimate of drug-likeness (QED) is 0.576. The minimum absolute atomic E-state index is 0.261. The molecule has 1 aromatic heterocycles. The summed E-state index contributed by atoms with van der Waals surface area (Å²) in [7, 11) is -3.43. The van der Waals surface area contributed by atoms with Gasteiger partial charge in [0.05, 0.1) is 4.90 Å². The Balaban J connectivity index is 1.61. The van der Waals surface area contributed by atoms with E-state index in [1.807, 2.05) is 6.07 Å². The Labute approximate surface area is 154 Å². The molecule has 0 saturated heterocycles. The Morgan fingerprint density at radius 2 is 1.88 bits per heavy atom. The second-order valence-electron chi connectivity index (χ2n) is 4.92. The number of nitrogens with zero attached hydrogens (tertiary/aromatic N) is 2. The first-order valence-corrected chi connectivity index (χ1v) is 10.1. The zero-order chi connectivity index (χ0) is 17.7. The van der Waals surface area contributed by atoms with Gasteiger partial charge >= 0.3 is 0 Å². The van der Waals surface area contributed by atoms with Crippen molar-refractivity contribution in [1.29, 1.82) is 0 Å². The van der Waals surface area contributed by atoms with Gasteiger partial charge in [-0.3, -0.25) is 0 Å². The van der Waals surface area contributed by atoms with Crippen molar-refractivity contribution in [3.05, 3.63) is 71.1 Å². The summed E-state index contributed by atoms with van der Waals surface area (Å²) >= 11 is 7.19. The van der Waals surface area contributed by atoms with Gasteiger partial charge in [0.2, 0.25) is 5.89 Å². The van der Waals surface area contributed by atoms with Gasteiger partial charge in [0.15, 0.2) is 9.84 Å². The number of hydrogen-bond donors (Lipinski definition) is 0. The molecule has 0 N–H and O–H groups in total. The van der Waals surface area contributed by atoms with E-state index >= 15 is 0 Å². The van der Waals surface area contributed by atoms with Gasteiger partial charge in [-0.2, -0.15) is 0 Å². The molecule has 0 aliphatic rings. The number of rotatable bonds is 6. The van der Waals surface area contributed by atoms with E-state index < -0.39 is 9.84 Å². The van der Waals surface area contributed by atoms with E-state index in [0.717, 1.165) is 5.56 Å². The highest BCUT2D eigenvalue weighted by Gasteiger charge is 2.10. The van der Waals surface area contributed by atoms with E-state index in [-0.39, 0.29) is 4.90 Å². The van der Waals surface area contributed by atoms with Crippen LogP contribution in [0.5, 0.6) is 0 Å². The Kier molecular flexibility index (Phi) is 5.57. The summed E-state index contributed by atoms with van der Waals surface area (Å²) in [5.41, 5.74) is 0.731. The van der Waals surface area contributed by atoms with Crippen LogP contribution in [0.4, 0.5) is 0 Å². The highest BCUT2D eigenvalue weighted by molar-refractivity contribution is 7.99. The predicted octanol–water partition coefficient (Wildman–Crippen LogP) is 4.47. The van der Waals surface area contributed by atoms with E-state index in [1.54, 1.807) is 54.6 Å². The number of sulfone groups is 1. The second kappa shape index (κ2) is 7.86. The molecule has 1 heterocycles. The highest BCUT2D eigenvalue weighted by Crippen LogP contribution is 2.25. The van der Waals surface area contributed by atoms with E-state index in [4.69, 9.17) is 16.0 Å². The molecule has 0 amide bonds. The summed E-state index contributed by atoms with van der Waals surface area (Å²) in [6.45, 7) is 0. The highest BCUT2D eigenvalue weighted by atomic mass is 35.5. The van der Waals surface area contributed by atoms with Crippen molar-refractivity contribution < 1.29 is 12.8 Å². The topological polar surface area (TPSA) is 73.1 Å². The Morgan fingerprint density at radius 3 is 2.64 bits per heavy atom. The molecule has 0 radical (unpaired) electrons. The molecule has 3 rings (SSSR count). The van der Waals surface area contributed by atoms with Crippen LogP contribution in [0, 0.1) is 0 Å². The fourth-order valence-electron chi connectivity index (χ4n) is 1.98. The average Bonchev–Trinajstić information content (AvgIpc) is 3.09. The lowest BCUT2D eigenvalue weighted by atomic mass is 10.2. The van der Waals surface area contributed by atoms with Crippen molar-refractivity contribution in [3.8, 4) is 11.5 Å². The Bertz CT molecular complexity index is 986. The zero-order valence-corrected chi connectivity index (χ0v) is 15.3. The first-order chi connectivity index (χ1) is 12.0. The molecule has 0 aliphatic carbocycles. The van der Waals surface area contributed by atoms with Crippen molar-refractivity contribution >= 4 is 33.2 Å². The van der Waals surface area contributed by atoms with Gasteiger partial charge < -0.3 is 4.42 Å². The van der Waals surface area contributed by atoms with Crippen LogP contribution in [0.3, 0.4) is 0 Å². The monoisotopic (exact) mass is 392 g/mol. The van der Waals surface area contributed by atoms with E-state index in [9.17, 15) is 8.42 Å². The first kappa shape index (κ1) is 17.7. The largest absolute Gasteiger partial charge is 0.411 e. The molecule has 0 bridgehead atoms. The summed E-state index contributed by atoms with van der Waals surface area (Å²) in [5, 5.41) is 10.0. The van der Waals surface area contributed by atoms with E-state index in [2.05, 4.69) is 10.2 Å². The molecule has 8 heteroatoms. The molecule has 128 valence electrons. The van der Waals surface area contributed by atoms with Gasteiger partial charge in [0.1, 0.15) is 0 Å². The summed E-state index contributed by atoms with van der Waals surface area (Å²) in [6.07, 6.45) is 1.55. The number of aromatic nitrogens is 2. The molecule has 0 saturated carbocycles. The number of hydrogen-bond acceptors (Lipinski definition) is 6. The normalized spacial score (nSPS) is 11.9. The molecule has 0 fully saturated rings. The lowest BCUT2D eigenvalue weighted by Gasteiger charge is -1.97. The molecule has 3 aromatic rings. The van der Waals surface area contributed by atoms with Crippen LogP contribution in [0.25, 0.3) is 11.5 Å². The molecule has 5 nitrogen and oxygen atoms in total. The third kappa shape index (κ3) is 4.72. The van der Waals surface area contributed by atoms with Crippen LogP contribution >= 0.6 is 23.4 Å². The lowest BCUT2D eigenvalue weighted by molar-refractivity contribution is 0.466. The van der Waals surface area contributed by atoms with Gasteiger partial charge in [0, 0.05) is 21.7 Å². The zero-order valence-electron chi connectivity index (χ0n) is 12.9. The van der Waals surface area contributed by atoms with Crippen molar-refractivity contribution in [2.24, 2.45) is 0 Å². The van der Waals surface area contributed by atoms with Gasteiger partial charge in [-0.25, -0.2) is 8.42 Å². The Morgan fingerprint density at radius 1 is 1.08 bits per heavy atom. The third-order valence-electron chi connectivity index (χ3n) is 3.13. The molecular formula is C17H13ClN2O3S2. The van der Waals surface area contributed by atoms with E-state index in [0.29, 0.717) is 21.9 Å². The van der Waals surface area contributed by atoms with Crippen molar-refractivity contribution in [1.82, 2.24) is 10.2 Å². The van der Waals surface area contributed by atoms with Crippen LogP contribution in [-0.2, 0) is 9.84 Å². The SMILES string of the molecule is O=S(=O)(C=CCSc1nnc(-c2cccc(Cl)c2)o1)c1ccccc1. The predicted molar refractivity (Wildman–Crippen MR) is 98.2 cm³/mol. The van der Waals surface area contributed by atoms with Crippen LogP contribution in [0.15, 0.2) is 80.6 Å². The molecule has 0 aliphatic heterocycles. The Hall–Kier alpha value is -2.09. The molecule has 0 atom stereocenters. The smallest absolute Gasteiger partial charge is 0.277 e. The van der Waals surface area contributed by atoms with Crippen molar-refractivity contribution in [3.63, 3.8) is 0 Å². The number of halogens is 1. The molecule has 0 spiro atoms. The van der Waals surface area contributed by atoms with Crippen molar-refractivity contribution in [2.75, 3.05) is 5.75 Å². The third-order valence-corrected chi connectivity index (χ3v) is 5.61. The van der Waals surface area contributed by atoms with Crippen LogP contribution in [-0.4, -0.2) is 24.4 Å². The second-order valence-corrected chi connectivity index (χ2v) is 8.17. The standard InChI is InChI=1S/C17H13ClN2O3S2/c18-14-7-4-6-13(12-14)16-19-20-17(23-16)24-10-5-11-25(21,22)15-8-2-1-3-9-15/h1-9,11-12H,10H2. The average molecular weight is 393 g/mol. The summed E-state index contributed by atoms with van der Waals surface area (Å²) < 4.78 is 29.7. The van der Waals surface area contributed by atoms with E-state index in [1.165, 1.54) is 17.2 Å². The maximum Gasteiger partial charge on any atom is 0.277 e. The summed E-state index contributed by atoms with van der Waals surface area (Å²) in [6, 6.07) is 15.4. The van der Waals surface area contributed by atoms with Gasteiger partial charge in [-0.05, 0) is 30.3 Å². The lowest BCUT2D eigenvalue weighted by Crippen LogP contribution is -1.95. The van der Waals surface area contributed by atoms with Crippen LogP contribution < -0.4 is 0 Å². The van der Waals surface area contributed by atoms with Crippen LogP contribution in [0.2, 0.25) is 5.02 Å². The maximum absolute atomic E-state index is 12.1. The fraction of sp³-hybridized carbons (Fsp3) is 0.0588. The number of benzene rings is 2. The molecule has 2 aromatic carbocycles. The van der Waals surface area contributed by atoms with Gasteiger partial charge in [0.25, 0.3) is 5.22 Å². The first-order valence-electron chi connectivity index (χ1n) is 7.23. The molecule has 25 heavy (non-hydrogen) atoms. The van der Waals surface area contributed by atoms with Crippen molar-refractivity contribution in [2.45, 2.75) is 10.1 Å². The minimum atomic E-state index is -3.43.